The van der Waals surface area contributed by atoms with Crippen LogP contribution in [0.2, 0.25) is 0 Å². The molecule has 0 aromatic rings. The molecule has 1 aliphatic rings. The largest absolute Gasteiger partial charge is 0.350 e. The lowest BCUT2D eigenvalue weighted by molar-refractivity contribution is 0.217. The van der Waals surface area contributed by atoms with Crippen molar-refractivity contribution >= 4 is 16.1 Å². The van der Waals surface area contributed by atoms with Crippen LogP contribution in [0, 0.1) is 0 Å². The Morgan fingerprint density at radius 3 is 2.64 bits per heavy atom. The SMILES string of the molecule is O=C=NC1CCCN1S(=O)(=O)C(F)F. The Kier molecular flexibility index (Phi) is 3.30. The highest BCUT2D eigenvalue weighted by molar-refractivity contribution is 7.89. The van der Waals surface area contributed by atoms with E-state index >= 15 is 0 Å². The lowest BCUT2D eigenvalue weighted by Crippen LogP contribution is -2.38. The van der Waals surface area contributed by atoms with Gasteiger partial charge in [-0.2, -0.15) is 18.1 Å². The molecule has 0 radical (unpaired) electrons. The van der Waals surface area contributed by atoms with Crippen molar-refractivity contribution in [1.82, 2.24) is 4.31 Å². The second kappa shape index (κ2) is 4.12. The van der Waals surface area contributed by atoms with Gasteiger partial charge in [-0.1, -0.05) is 0 Å². The van der Waals surface area contributed by atoms with Crippen LogP contribution in [-0.2, 0) is 14.8 Å². The molecule has 0 aliphatic carbocycles. The van der Waals surface area contributed by atoms with Crippen molar-refractivity contribution in [3.8, 4) is 0 Å². The Balaban J connectivity index is 2.92. The van der Waals surface area contributed by atoms with E-state index < -0.39 is 21.9 Å². The Hall–Kier alpha value is -0.850. The van der Waals surface area contributed by atoms with Gasteiger partial charge in [0.15, 0.2) is 0 Å². The van der Waals surface area contributed by atoms with E-state index in [1.54, 1.807) is 0 Å². The number of hydrogen-bond acceptors (Lipinski definition) is 4. The van der Waals surface area contributed by atoms with Gasteiger partial charge in [-0.05, 0) is 12.8 Å². The van der Waals surface area contributed by atoms with Crippen molar-refractivity contribution in [2.24, 2.45) is 4.99 Å². The summed E-state index contributed by atoms with van der Waals surface area (Å²) < 4.78 is 46.8. The summed E-state index contributed by atoms with van der Waals surface area (Å²) in [4.78, 5) is 13.1. The van der Waals surface area contributed by atoms with E-state index in [0.29, 0.717) is 10.7 Å². The number of sulfonamides is 1. The fraction of sp³-hybridized carbons (Fsp3) is 0.833. The first-order valence-corrected chi connectivity index (χ1v) is 5.36. The van der Waals surface area contributed by atoms with Crippen LogP contribution in [0.3, 0.4) is 0 Å². The standard InChI is InChI=1S/C6H8F2N2O3S/c7-6(8)14(12,13)10-3-1-2-5(10)9-4-11/h5-6H,1-3H2. The average molecular weight is 226 g/mol. The van der Waals surface area contributed by atoms with Crippen LogP contribution in [0.5, 0.6) is 0 Å². The smallest absolute Gasteiger partial charge is 0.211 e. The first-order chi connectivity index (χ1) is 6.50. The third-order valence-corrected chi connectivity index (χ3v) is 3.46. The van der Waals surface area contributed by atoms with Gasteiger partial charge in [0.1, 0.15) is 6.17 Å². The van der Waals surface area contributed by atoms with Crippen LogP contribution in [0.15, 0.2) is 4.99 Å². The molecule has 14 heavy (non-hydrogen) atoms. The van der Waals surface area contributed by atoms with Crippen LogP contribution in [0.1, 0.15) is 12.8 Å². The fourth-order valence-corrected chi connectivity index (χ4v) is 2.39. The van der Waals surface area contributed by atoms with E-state index in [1.165, 1.54) is 6.08 Å². The van der Waals surface area contributed by atoms with Crippen molar-refractivity contribution in [2.45, 2.75) is 24.8 Å². The van der Waals surface area contributed by atoms with E-state index in [0.717, 1.165) is 0 Å². The van der Waals surface area contributed by atoms with Gasteiger partial charge in [-0.15, -0.1) is 0 Å². The molecule has 0 bridgehead atoms. The molecule has 5 nitrogen and oxygen atoms in total. The monoisotopic (exact) mass is 226 g/mol. The first kappa shape index (κ1) is 11.2. The lowest BCUT2D eigenvalue weighted by atomic mass is 10.3. The number of rotatable bonds is 3. The molecule has 1 atom stereocenters. The number of nitrogens with zero attached hydrogens (tertiary/aromatic N) is 2. The zero-order valence-corrected chi connectivity index (χ0v) is 7.88. The average Bonchev–Trinajstić information content (AvgIpc) is 2.53. The Morgan fingerprint density at radius 2 is 2.14 bits per heavy atom. The van der Waals surface area contributed by atoms with Gasteiger partial charge >= 0.3 is 5.76 Å². The number of aliphatic imine (C=N–C) groups is 1. The summed E-state index contributed by atoms with van der Waals surface area (Å²) in [5.74, 6) is -3.47. The van der Waals surface area contributed by atoms with Gasteiger partial charge < -0.3 is 0 Å². The minimum atomic E-state index is -4.62. The summed E-state index contributed by atoms with van der Waals surface area (Å²) in [6, 6.07) is 0. The summed E-state index contributed by atoms with van der Waals surface area (Å²) in [7, 11) is -4.62. The summed E-state index contributed by atoms with van der Waals surface area (Å²) in [5.41, 5.74) is 0. The maximum atomic E-state index is 12.1. The van der Waals surface area contributed by atoms with Gasteiger partial charge in [0.2, 0.25) is 6.08 Å². The first-order valence-electron chi connectivity index (χ1n) is 3.86. The molecule has 0 saturated carbocycles. The van der Waals surface area contributed by atoms with Crippen molar-refractivity contribution in [3.05, 3.63) is 0 Å². The number of halogens is 2. The van der Waals surface area contributed by atoms with E-state index in [1.807, 2.05) is 0 Å². The van der Waals surface area contributed by atoms with Gasteiger partial charge in [0, 0.05) is 6.54 Å². The zero-order chi connectivity index (χ0) is 10.8. The number of isocyanates is 1. The third-order valence-electron chi connectivity index (χ3n) is 1.93. The van der Waals surface area contributed by atoms with Gasteiger partial charge in [-0.3, -0.25) is 0 Å². The summed E-state index contributed by atoms with van der Waals surface area (Å²) >= 11 is 0. The number of carbonyl (C=O) groups excluding carboxylic acids is 1. The molecule has 0 amide bonds. The van der Waals surface area contributed by atoms with Gasteiger partial charge in [0.05, 0.1) is 0 Å². The van der Waals surface area contributed by atoms with Crippen LogP contribution in [0.4, 0.5) is 8.78 Å². The topological polar surface area (TPSA) is 66.8 Å². The third kappa shape index (κ3) is 1.97. The highest BCUT2D eigenvalue weighted by Gasteiger charge is 2.39. The Labute approximate surface area is 79.5 Å². The van der Waals surface area contributed by atoms with Crippen molar-refractivity contribution in [3.63, 3.8) is 0 Å². The quantitative estimate of drug-likeness (QED) is 0.513. The van der Waals surface area contributed by atoms with Crippen LogP contribution in [0.25, 0.3) is 0 Å². The molecule has 1 unspecified atom stereocenters. The second-order valence-corrected chi connectivity index (χ2v) is 4.61. The number of hydrogen-bond donors (Lipinski definition) is 0. The summed E-state index contributed by atoms with van der Waals surface area (Å²) in [6.07, 6.45) is 0.864. The molecule has 80 valence electrons. The van der Waals surface area contributed by atoms with Gasteiger partial charge in [0.25, 0.3) is 10.0 Å². The maximum Gasteiger partial charge on any atom is 0.350 e. The normalized spacial score (nSPS) is 23.8. The summed E-state index contributed by atoms with van der Waals surface area (Å²) in [5, 5.41) is 0. The molecule has 0 aromatic heterocycles. The molecule has 1 rings (SSSR count). The molecule has 1 aliphatic heterocycles. The predicted octanol–water partition coefficient (Wildman–Crippen LogP) is 0.297. The van der Waals surface area contributed by atoms with E-state index in [4.69, 9.17) is 0 Å². The Morgan fingerprint density at radius 1 is 1.50 bits per heavy atom. The minimum Gasteiger partial charge on any atom is -0.211 e. The molecule has 0 N–H and O–H groups in total. The van der Waals surface area contributed by atoms with Crippen molar-refractivity contribution < 1.29 is 22.0 Å². The zero-order valence-electron chi connectivity index (χ0n) is 7.06. The summed E-state index contributed by atoms with van der Waals surface area (Å²) in [6.45, 7) is -0.0253. The number of alkyl halides is 2. The van der Waals surface area contributed by atoms with Crippen LogP contribution < -0.4 is 0 Å². The molecule has 8 heteroatoms. The second-order valence-electron chi connectivity index (χ2n) is 2.76. The molecule has 1 heterocycles. The highest BCUT2D eigenvalue weighted by Crippen LogP contribution is 2.24. The Bertz CT molecular complexity index is 350. The van der Waals surface area contributed by atoms with Gasteiger partial charge in [-0.25, -0.2) is 13.2 Å². The maximum absolute atomic E-state index is 12.1. The van der Waals surface area contributed by atoms with E-state index in [2.05, 4.69) is 4.99 Å². The van der Waals surface area contributed by atoms with Crippen molar-refractivity contribution in [1.29, 1.82) is 0 Å². The molecule has 0 spiro atoms. The molecule has 1 saturated heterocycles. The van der Waals surface area contributed by atoms with E-state index in [-0.39, 0.29) is 13.0 Å². The molecular formula is C6H8F2N2O3S. The molecular weight excluding hydrogens is 218 g/mol. The minimum absolute atomic E-state index is 0.0253. The predicted molar refractivity (Wildman–Crippen MR) is 42.8 cm³/mol. The van der Waals surface area contributed by atoms with Crippen LogP contribution in [-0.4, -0.2) is 37.3 Å². The molecule has 0 aromatic carbocycles. The fourth-order valence-electron chi connectivity index (χ4n) is 1.31. The van der Waals surface area contributed by atoms with Crippen molar-refractivity contribution in [2.75, 3.05) is 6.54 Å². The molecule has 1 fully saturated rings. The van der Waals surface area contributed by atoms with Crippen LogP contribution >= 0.6 is 0 Å². The lowest BCUT2D eigenvalue weighted by Gasteiger charge is -2.18. The van der Waals surface area contributed by atoms with E-state index in [9.17, 15) is 22.0 Å². The highest BCUT2D eigenvalue weighted by atomic mass is 32.2.